The minimum Gasteiger partial charge on any atom is -0.465 e. The molecule has 0 saturated carbocycles. The summed E-state index contributed by atoms with van der Waals surface area (Å²) in [5.41, 5.74) is 1.57. The molecule has 0 unspecified atom stereocenters. The molecule has 0 spiro atoms. The number of nitrogens with one attached hydrogen (secondary N) is 1. The number of amides is 1. The lowest BCUT2D eigenvalue weighted by atomic mass is 10.3. The Kier molecular flexibility index (Phi) is 4.59. The summed E-state index contributed by atoms with van der Waals surface area (Å²) in [6.45, 7) is -0.166. The van der Waals surface area contributed by atoms with E-state index in [1.54, 1.807) is 23.0 Å². The zero-order valence-electron chi connectivity index (χ0n) is 12.1. The minimum absolute atomic E-state index is 0.166. The Labute approximate surface area is 138 Å². The van der Waals surface area contributed by atoms with E-state index >= 15 is 0 Å². The van der Waals surface area contributed by atoms with Gasteiger partial charge in [-0.15, -0.1) is 5.10 Å². The third-order valence-electron chi connectivity index (χ3n) is 3.06. The van der Waals surface area contributed by atoms with E-state index in [1.165, 1.54) is 0 Å². The predicted octanol–water partition coefficient (Wildman–Crippen LogP) is 3.54. The van der Waals surface area contributed by atoms with E-state index in [0.717, 1.165) is 5.69 Å². The summed E-state index contributed by atoms with van der Waals surface area (Å²) in [7, 11) is 0. The van der Waals surface area contributed by atoms with Gasteiger partial charge in [-0.1, -0.05) is 48.0 Å². The Morgan fingerprint density at radius 1 is 1.09 bits per heavy atom. The van der Waals surface area contributed by atoms with E-state index < -0.39 is 0 Å². The fourth-order valence-corrected chi connectivity index (χ4v) is 2.19. The van der Waals surface area contributed by atoms with Gasteiger partial charge in [-0.25, -0.2) is 4.68 Å². The molecule has 23 heavy (non-hydrogen) atoms. The molecule has 2 aromatic carbocycles. The Balaban J connectivity index is 1.62. The largest absolute Gasteiger partial charge is 0.465 e. The molecule has 3 aromatic rings. The maximum atomic E-state index is 11.9. The molecule has 0 fully saturated rings. The third kappa shape index (κ3) is 3.90. The maximum Gasteiger partial charge on any atom is 0.262 e. The van der Waals surface area contributed by atoms with Crippen molar-refractivity contribution in [2.75, 3.05) is 11.9 Å². The summed E-state index contributed by atoms with van der Waals surface area (Å²) in [5, 5.41) is 7.32. The summed E-state index contributed by atoms with van der Waals surface area (Å²) >= 11 is 6.10. The Bertz CT molecular complexity index is 788. The highest BCUT2D eigenvalue weighted by molar-refractivity contribution is 6.31. The van der Waals surface area contributed by atoms with Crippen LogP contribution in [0.15, 0.2) is 66.9 Å². The lowest BCUT2D eigenvalue weighted by Gasteiger charge is -2.05. The number of halogens is 1. The standard InChI is InChI=1S/C17H14ClN3O2/c18-15-11-21(14-9-5-2-6-10-14)20-17(15)23-12-16(22)19-13-7-3-1-4-8-13/h1-11H,12H2,(H,19,22). The average molecular weight is 328 g/mol. The molecule has 6 heteroatoms. The van der Waals surface area contributed by atoms with Crippen LogP contribution in [-0.4, -0.2) is 22.3 Å². The van der Waals surface area contributed by atoms with Gasteiger partial charge in [0.05, 0.1) is 11.9 Å². The highest BCUT2D eigenvalue weighted by Gasteiger charge is 2.11. The molecule has 5 nitrogen and oxygen atoms in total. The number of rotatable bonds is 5. The first-order valence-electron chi connectivity index (χ1n) is 7.00. The number of nitrogens with zero attached hydrogens (tertiary/aromatic N) is 2. The van der Waals surface area contributed by atoms with Gasteiger partial charge in [0.25, 0.3) is 11.8 Å². The molecule has 1 heterocycles. The number of ether oxygens (including phenoxy) is 1. The van der Waals surface area contributed by atoms with Gasteiger partial charge in [-0.2, -0.15) is 0 Å². The van der Waals surface area contributed by atoms with Gasteiger partial charge in [-0.05, 0) is 24.3 Å². The number of para-hydroxylation sites is 2. The molecule has 1 amide bonds. The molecular formula is C17H14ClN3O2. The quantitative estimate of drug-likeness (QED) is 0.779. The molecule has 3 rings (SSSR count). The summed E-state index contributed by atoms with van der Waals surface area (Å²) in [6.07, 6.45) is 1.64. The van der Waals surface area contributed by atoms with E-state index in [-0.39, 0.29) is 18.4 Å². The average Bonchev–Trinajstić information content (AvgIpc) is 2.96. The van der Waals surface area contributed by atoms with Gasteiger partial charge >= 0.3 is 0 Å². The van der Waals surface area contributed by atoms with Crippen LogP contribution in [-0.2, 0) is 4.79 Å². The smallest absolute Gasteiger partial charge is 0.262 e. The van der Waals surface area contributed by atoms with E-state index in [0.29, 0.717) is 10.7 Å². The molecule has 0 aliphatic heterocycles. The van der Waals surface area contributed by atoms with Crippen LogP contribution >= 0.6 is 11.6 Å². The van der Waals surface area contributed by atoms with Gasteiger partial charge in [0.1, 0.15) is 5.02 Å². The predicted molar refractivity (Wildman–Crippen MR) is 89.1 cm³/mol. The van der Waals surface area contributed by atoms with Crippen molar-refractivity contribution < 1.29 is 9.53 Å². The Morgan fingerprint density at radius 2 is 1.74 bits per heavy atom. The van der Waals surface area contributed by atoms with Gasteiger partial charge in [0.2, 0.25) is 0 Å². The van der Waals surface area contributed by atoms with Crippen molar-refractivity contribution in [2.24, 2.45) is 0 Å². The van der Waals surface area contributed by atoms with Crippen molar-refractivity contribution in [2.45, 2.75) is 0 Å². The first-order valence-corrected chi connectivity index (χ1v) is 7.38. The SMILES string of the molecule is O=C(COc1nn(-c2ccccc2)cc1Cl)Nc1ccccc1. The summed E-state index contributed by atoms with van der Waals surface area (Å²) in [5.74, 6) is -0.0553. The van der Waals surface area contributed by atoms with Gasteiger partial charge in [0.15, 0.2) is 6.61 Å². The molecule has 0 bridgehead atoms. The number of anilines is 1. The first-order chi connectivity index (χ1) is 11.2. The van der Waals surface area contributed by atoms with E-state index in [4.69, 9.17) is 16.3 Å². The zero-order valence-corrected chi connectivity index (χ0v) is 12.9. The number of hydrogen-bond donors (Lipinski definition) is 1. The van der Waals surface area contributed by atoms with Crippen molar-refractivity contribution in [3.63, 3.8) is 0 Å². The molecule has 1 aromatic heterocycles. The van der Waals surface area contributed by atoms with Crippen molar-refractivity contribution in [3.05, 3.63) is 71.9 Å². The summed E-state index contributed by atoms with van der Waals surface area (Å²) < 4.78 is 7.00. The van der Waals surface area contributed by atoms with Crippen LogP contribution in [0.25, 0.3) is 5.69 Å². The van der Waals surface area contributed by atoms with Gasteiger partial charge < -0.3 is 10.1 Å². The molecular weight excluding hydrogens is 314 g/mol. The molecule has 0 saturated heterocycles. The Hall–Kier alpha value is -2.79. The highest BCUT2D eigenvalue weighted by atomic mass is 35.5. The van der Waals surface area contributed by atoms with Crippen LogP contribution in [0.1, 0.15) is 0 Å². The molecule has 116 valence electrons. The van der Waals surface area contributed by atoms with Crippen molar-refractivity contribution in [3.8, 4) is 11.6 Å². The van der Waals surface area contributed by atoms with Gasteiger partial charge in [-0.3, -0.25) is 4.79 Å². The second kappa shape index (κ2) is 6.98. The molecule has 0 aliphatic rings. The van der Waals surface area contributed by atoms with Crippen LogP contribution in [0.5, 0.6) is 5.88 Å². The van der Waals surface area contributed by atoms with Crippen LogP contribution in [0.3, 0.4) is 0 Å². The van der Waals surface area contributed by atoms with Crippen molar-refractivity contribution in [1.82, 2.24) is 9.78 Å². The third-order valence-corrected chi connectivity index (χ3v) is 3.32. The Morgan fingerprint density at radius 3 is 2.43 bits per heavy atom. The van der Waals surface area contributed by atoms with Crippen LogP contribution < -0.4 is 10.1 Å². The number of benzene rings is 2. The second-order valence-electron chi connectivity index (χ2n) is 4.77. The van der Waals surface area contributed by atoms with Crippen LogP contribution in [0.2, 0.25) is 5.02 Å². The normalized spacial score (nSPS) is 10.3. The fourth-order valence-electron chi connectivity index (χ4n) is 2.00. The van der Waals surface area contributed by atoms with Crippen LogP contribution in [0, 0.1) is 0 Å². The molecule has 0 radical (unpaired) electrons. The van der Waals surface area contributed by atoms with Crippen LogP contribution in [0.4, 0.5) is 5.69 Å². The molecule has 0 atom stereocenters. The number of carbonyl (C=O) groups is 1. The second-order valence-corrected chi connectivity index (χ2v) is 5.17. The number of aromatic nitrogens is 2. The lowest BCUT2D eigenvalue weighted by Crippen LogP contribution is -2.20. The van der Waals surface area contributed by atoms with E-state index in [1.807, 2.05) is 48.5 Å². The maximum absolute atomic E-state index is 11.9. The summed E-state index contributed by atoms with van der Waals surface area (Å²) in [4.78, 5) is 11.9. The minimum atomic E-state index is -0.276. The highest BCUT2D eigenvalue weighted by Crippen LogP contribution is 2.23. The van der Waals surface area contributed by atoms with Crippen molar-refractivity contribution >= 4 is 23.2 Å². The molecule has 0 aliphatic carbocycles. The molecule has 1 N–H and O–H groups in total. The monoisotopic (exact) mass is 327 g/mol. The lowest BCUT2D eigenvalue weighted by molar-refractivity contribution is -0.118. The van der Waals surface area contributed by atoms with Gasteiger partial charge in [0, 0.05) is 5.69 Å². The number of hydrogen-bond acceptors (Lipinski definition) is 3. The van der Waals surface area contributed by atoms with E-state index in [2.05, 4.69) is 10.4 Å². The van der Waals surface area contributed by atoms with E-state index in [9.17, 15) is 4.79 Å². The fraction of sp³-hybridized carbons (Fsp3) is 0.0588. The first kappa shape index (κ1) is 15.1. The number of carbonyl (C=O) groups excluding carboxylic acids is 1. The zero-order chi connectivity index (χ0) is 16.1. The summed E-state index contributed by atoms with van der Waals surface area (Å²) in [6, 6.07) is 18.7. The topological polar surface area (TPSA) is 56.1 Å². The van der Waals surface area contributed by atoms with Crippen molar-refractivity contribution in [1.29, 1.82) is 0 Å².